The molecule has 1 saturated carbocycles. The Bertz CT molecular complexity index is 502. The molecule has 1 saturated heterocycles. The van der Waals surface area contributed by atoms with Gasteiger partial charge in [-0.3, -0.25) is 0 Å². The molecule has 116 valence electrons. The van der Waals surface area contributed by atoms with Crippen molar-refractivity contribution in [1.82, 2.24) is 5.32 Å². The molecule has 4 heteroatoms. The summed E-state index contributed by atoms with van der Waals surface area (Å²) >= 11 is 6.48. The lowest BCUT2D eigenvalue weighted by molar-refractivity contribution is 0.320. The number of rotatable bonds is 4. The highest BCUT2D eigenvalue weighted by Gasteiger charge is 2.38. The molecular weight excluding hydrogens is 284 g/mol. The molecule has 21 heavy (non-hydrogen) atoms. The van der Waals surface area contributed by atoms with Crippen LogP contribution in [0.3, 0.4) is 0 Å². The van der Waals surface area contributed by atoms with Crippen LogP contribution in [0.4, 0.5) is 5.69 Å². The maximum absolute atomic E-state index is 6.48. The van der Waals surface area contributed by atoms with Crippen LogP contribution in [0.15, 0.2) is 18.2 Å². The highest BCUT2D eigenvalue weighted by Crippen LogP contribution is 2.38. The summed E-state index contributed by atoms with van der Waals surface area (Å²) in [5.41, 5.74) is 1.11. The van der Waals surface area contributed by atoms with Crippen LogP contribution in [-0.4, -0.2) is 32.3 Å². The lowest BCUT2D eigenvalue weighted by atomic mass is 9.96. The Morgan fingerprint density at radius 1 is 1.33 bits per heavy atom. The van der Waals surface area contributed by atoms with Gasteiger partial charge in [-0.2, -0.15) is 0 Å². The van der Waals surface area contributed by atoms with Crippen LogP contribution in [0.25, 0.3) is 0 Å². The van der Waals surface area contributed by atoms with E-state index in [4.69, 9.17) is 16.3 Å². The average Bonchev–Trinajstić information content (AvgIpc) is 3.32. The highest BCUT2D eigenvalue weighted by molar-refractivity contribution is 6.33. The molecule has 2 atom stereocenters. The standard InChI is InChI=1S/C17H25ClN2O/c1-11(2)17-9-19-15(12-4-5-12)10-20(17)16-8-13(21-3)6-7-14(16)18/h6-8,11-12,15,17,19H,4-5,9-10H2,1-3H3. The van der Waals surface area contributed by atoms with Crippen LogP contribution in [-0.2, 0) is 0 Å². The number of ether oxygens (including phenoxy) is 1. The summed E-state index contributed by atoms with van der Waals surface area (Å²) in [6.45, 7) is 6.64. The van der Waals surface area contributed by atoms with Crippen LogP contribution in [0.5, 0.6) is 5.75 Å². The molecule has 2 unspecified atom stereocenters. The smallest absolute Gasteiger partial charge is 0.121 e. The number of nitrogens with zero attached hydrogens (tertiary/aromatic N) is 1. The number of benzene rings is 1. The normalized spacial score (nSPS) is 26.2. The molecule has 1 N–H and O–H groups in total. The molecule has 0 amide bonds. The first-order chi connectivity index (χ1) is 10.1. The van der Waals surface area contributed by atoms with Crippen LogP contribution in [0, 0.1) is 11.8 Å². The van der Waals surface area contributed by atoms with E-state index >= 15 is 0 Å². The second-order valence-corrected chi connectivity index (χ2v) is 7.04. The maximum Gasteiger partial charge on any atom is 0.121 e. The number of halogens is 1. The second kappa shape index (κ2) is 6.05. The maximum atomic E-state index is 6.48. The highest BCUT2D eigenvalue weighted by atomic mass is 35.5. The summed E-state index contributed by atoms with van der Waals surface area (Å²) in [6.07, 6.45) is 2.73. The minimum absolute atomic E-state index is 0.476. The zero-order valence-electron chi connectivity index (χ0n) is 13.1. The summed E-state index contributed by atoms with van der Waals surface area (Å²) in [6, 6.07) is 7.03. The predicted octanol–water partition coefficient (Wildman–Crippen LogP) is 3.56. The topological polar surface area (TPSA) is 24.5 Å². The first-order valence-electron chi connectivity index (χ1n) is 7.93. The molecule has 3 rings (SSSR count). The average molecular weight is 309 g/mol. The van der Waals surface area contributed by atoms with Gasteiger partial charge in [0.05, 0.1) is 17.8 Å². The Morgan fingerprint density at radius 2 is 2.10 bits per heavy atom. The quantitative estimate of drug-likeness (QED) is 0.920. The van der Waals surface area contributed by atoms with Gasteiger partial charge in [-0.15, -0.1) is 0 Å². The molecule has 1 aromatic carbocycles. The first-order valence-corrected chi connectivity index (χ1v) is 8.31. The number of piperazine rings is 1. The van der Waals surface area contributed by atoms with E-state index in [0.29, 0.717) is 18.0 Å². The Labute approximate surface area is 132 Å². The van der Waals surface area contributed by atoms with Crippen molar-refractivity contribution in [3.05, 3.63) is 23.2 Å². The van der Waals surface area contributed by atoms with Crippen molar-refractivity contribution in [2.24, 2.45) is 11.8 Å². The first kappa shape index (κ1) is 15.0. The molecule has 1 aliphatic heterocycles. The summed E-state index contributed by atoms with van der Waals surface area (Å²) in [5, 5.41) is 4.56. The number of hydrogen-bond acceptors (Lipinski definition) is 3. The Morgan fingerprint density at radius 3 is 2.71 bits per heavy atom. The lowest BCUT2D eigenvalue weighted by Gasteiger charge is -2.44. The minimum Gasteiger partial charge on any atom is -0.497 e. The van der Waals surface area contributed by atoms with E-state index < -0.39 is 0 Å². The molecule has 0 bridgehead atoms. The summed E-state index contributed by atoms with van der Waals surface area (Å²) in [4.78, 5) is 2.50. The monoisotopic (exact) mass is 308 g/mol. The van der Waals surface area contributed by atoms with Crippen molar-refractivity contribution in [3.63, 3.8) is 0 Å². The molecule has 0 radical (unpaired) electrons. The van der Waals surface area contributed by atoms with Gasteiger partial charge in [-0.1, -0.05) is 25.4 Å². The Kier molecular flexibility index (Phi) is 4.32. The van der Waals surface area contributed by atoms with Gasteiger partial charge in [0, 0.05) is 31.2 Å². The van der Waals surface area contributed by atoms with E-state index in [-0.39, 0.29) is 0 Å². The molecule has 2 fully saturated rings. The van der Waals surface area contributed by atoms with Gasteiger partial charge >= 0.3 is 0 Å². The van der Waals surface area contributed by atoms with Gasteiger partial charge in [-0.25, -0.2) is 0 Å². The van der Waals surface area contributed by atoms with Crippen LogP contribution >= 0.6 is 11.6 Å². The van der Waals surface area contributed by atoms with E-state index in [9.17, 15) is 0 Å². The predicted molar refractivity (Wildman–Crippen MR) is 88.5 cm³/mol. The van der Waals surface area contributed by atoms with Crippen molar-refractivity contribution >= 4 is 17.3 Å². The molecular formula is C17H25ClN2O. The van der Waals surface area contributed by atoms with Crippen LogP contribution < -0.4 is 15.0 Å². The fourth-order valence-electron chi connectivity index (χ4n) is 3.32. The zero-order chi connectivity index (χ0) is 15.0. The van der Waals surface area contributed by atoms with Crippen molar-refractivity contribution in [2.45, 2.75) is 38.8 Å². The molecule has 1 aromatic rings. The summed E-state index contributed by atoms with van der Waals surface area (Å²) in [5.74, 6) is 2.31. The SMILES string of the molecule is COc1ccc(Cl)c(N2CC(C3CC3)NCC2C(C)C)c1. The second-order valence-electron chi connectivity index (χ2n) is 6.63. The minimum atomic E-state index is 0.476. The van der Waals surface area contributed by atoms with Crippen molar-refractivity contribution < 1.29 is 4.74 Å². The van der Waals surface area contributed by atoms with Crippen LogP contribution in [0.2, 0.25) is 5.02 Å². The van der Waals surface area contributed by atoms with Gasteiger partial charge in [0.2, 0.25) is 0 Å². The summed E-state index contributed by atoms with van der Waals surface area (Å²) < 4.78 is 5.38. The molecule has 0 aromatic heterocycles. The third-order valence-corrected chi connectivity index (χ3v) is 5.13. The largest absolute Gasteiger partial charge is 0.497 e. The van der Waals surface area contributed by atoms with Gasteiger partial charge in [-0.05, 0) is 36.8 Å². The van der Waals surface area contributed by atoms with Gasteiger partial charge in [0.25, 0.3) is 0 Å². The van der Waals surface area contributed by atoms with Gasteiger partial charge in [0.15, 0.2) is 0 Å². The zero-order valence-corrected chi connectivity index (χ0v) is 13.9. The van der Waals surface area contributed by atoms with E-state index in [1.54, 1.807) is 7.11 Å². The molecule has 1 heterocycles. The van der Waals surface area contributed by atoms with Crippen molar-refractivity contribution in [3.8, 4) is 5.75 Å². The van der Waals surface area contributed by atoms with Crippen molar-refractivity contribution in [1.29, 1.82) is 0 Å². The van der Waals surface area contributed by atoms with Gasteiger partial charge < -0.3 is 15.0 Å². The third-order valence-electron chi connectivity index (χ3n) is 4.81. The fourth-order valence-corrected chi connectivity index (χ4v) is 3.55. The molecule has 0 spiro atoms. The number of hydrogen-bond donors (Lipinski definition) is 1. The van der Waals surface area contributed by atoms with E-state index in [0.717, 1.165) is 35.5 Å². The number of anilines is 1. The number of nitrogens with one attached hydrogen (secondary N) is 1. The molecule has 2 aliphatic rings. The lowest BCUT2D eigenvalue weighted by Crippen LogP contribution is -2.59. The number of methoxy groups -OCH3 is 1. The Balaban J connectivity index is 1.90. The van der Waals surface area contributed by atoms with Crippen LogP contribution in [0.1, 0.15) is 26.7 Å². The fraction of sp³-hybridized carbons (Fsp3) is 0.647. The Hall–Kier alpha value is -0.930. The van der Waals surface area contributed by atoms with Crippen molar-refractivity contribution in [2.75, 3.05) is 25.1 Å². The molecule has 3 nitrogen and oxygen atoms in total. The molecule has 1 aliphatic carbocycles. The van der Waals surface area contributed by atoms with E-state index in [1.165, 1.54) is 12.8 Å². The van der Waals surface area contributed by atoms with E-state index in [2.05, 4.69) is 30.1 Å². The van der Waals surface area contributed by atoms with E-state index in [1.807, 2.05) is 12.1 Å². The van der Waals surface area contributed by atoms with Gasteiger partial charge in [0.1, 0.15) is 5.75 Å². The third kappa shape index (κ3) is 3.14. The summed E-state index contributed by atoms with van der Waals surface area (Å²) in [7, 11) is 1.71.